The number of likely N-dealkylation sites (tertiary alicyclic amines) is 1. The van der Waals surface area contributed by atoms with Crippen molar-refractivity contribution < 1.29 is 14.3 Å². The lowest BCUT2D eigenvalue weighted by molar-refractivity contribution is -0.123. The highest BCUT2D eigenvalue weighted by atomic mass is 16.5. The largest absolute Gasteiger partial charge is 0.497 e. The molecule has 0 N–H and O–H groups in total. The van der Waals surface area contributed by atoms with Crippen LogP contribution in [0.3, 0.4) is 0 Å². The normalized spacial score (nSPS) is 18.4. The number of carbonyl (C=O) groups is 1. The molecule has 0 spiro atoms. The van der Waals surface area contributed by atoms with E-state index >= 15 is 0 Å². The molecule has 0 aliphatic carbocycles. The van der Waals surface area contributed by atoms with Gasteiger partial charge in [-0.1, -0.05) is 6.07 Å². The first-order valence-electron chi connectivity index (χ1n) is 7.94. The minimum atomic E-state index is 0.0218. The topological polar surface area (TPSA) is 64.5 Å². The fourth-order valence-corrected chi connectivity index (χ4v) is 3.09. The zero-order valence-corrected chi connectivity index (χ0v) is 13.9. The summed E-state index contributed by atoms with van der Waals surface area (Å²) in [5.41, 5.74) is 2.09. The third-order valence-corrected chi connectivity index (χ3v) is 4.40. The van der Waals surface area contributed by atoms with Crippen molar-refractivity contribution in [2.24, 2.45) is 0 Å². The molecule has 0 amide bonds. The maximum absolute atomic E-state index is 11.9. The Morgan fingerprint density at radius 2 is 2.08 bits per heavy atom. The van der Waals surface area contributed by atoms with Gasteiger partial charge in [0.05, 0.1) is 20.4 Å². The summed E-state index contributed by atoms with van der Waals surface area (Å²) in [5.74, 6) is 1.84. The van der Waals surface area contributed by atoms with Crippen LogP contribution in [-0.4, -0.2) is 41.6 Å². The summed E-state index contributed by atoms with van der Waals surface area (Å²) in [6, 6.07) is 7.77. The summed E-state index contributed by atoms with van der Waals surface area (Å²) in [7, 11) is 3.29. The quantitative estimate of drug-likeness (QED) is 0.840. The molecule has 0 radical (unpaired) electrons. The maximum Gasteiger partial charge on any atom is 0.136 e. The van der Waals surface area contributed by atoms with Crippen LogP contribution in [0.4, 0.5) is 0 Å². The fourth-order valence-electron chi connectivity index (χ4n) is 3.09. The van der Waals surface area contributed by atoms with Gasteiger partial charge in [-0.05, 0) is 17.7 Å². The molecule has 6 nitrogen and oxygen atoms in total. The standard InChI is InChI=1S/C18H21N3O3/c1-23-16-4-3-14(18(10-16)24-2)12-21-8-6-15(22)9-17(21)13-5-7-19-20-11-13/h3-5,7,10-11,17H,6,8-9,12H2,1-2H3. The molecule has 24 heavy (non-hydrogen) atoms. The number of hydrogen-bond donors (Lipinski definition) is 0. The van der Waals surface area contributed by atoms with E-state index < -0.39 is 0 Å². The van der Waals surface area contributed by atoms with Crippen LogP contribution in [0.1, 0.15) is 30.0 Å². The van der Waals surface area contributed by atoms with Crippen LogP contribution in [0.5, 0.6) is 11.5 Å². The third kappa shape index (κ3) is 3.54. The van der Waals surface area contributed by atoms with Gasteiger partial charge >= 0.3 is 0 Å². The molecule has 1 unspecified atom stereocenters. The minimum Gasteiger partial charge on any atom is -0.497 e. The summed E-state index contributed by atoms with van der Waals surface area (Å²) in [4.78, 5) is 14.2. The molecule has 1 aliphatic heterocycles. The lowest BCUT2D eigenvalue weighted by atomic mass is 9.95. The highest BCUT2D eigenvalue weighted by molar-refractivity contribution is 5.80. The van der Waals surface area contributed by atoms with Crippen LogP contribution < -0.4 is 9.47 Å². The highest BCUT2D eigenvalue weighted by Gasteiger charge is 2.29. The molecule has 1 aromatic heterocycles. The first kappa shape index (κ1) is 16.4. The second-order valence-electron chi connectivity index (χ2n) is 5.83. The molecule has 3 rings (SSSR count). The Labute approximate surface area is 141 Å². The Hall–Kier alpha value is -2.47. The molecule has 1 atom stereocenters. The molecule has 0 saturated carbocycles. The van der Waals surface area contributed by atoms with E-state index in [4.69, 9.17) is 9.47 Å². The number of piperidine rings is 1. The van der Waals surface area contributed by atoms with Crippen molar-refractivity contribution >= 4 is 5.78 Å². The molecule has 1 saturated heterocycles. The van der Waals surface area contributed by atoms with Crippen LogP contribution in [0.15, 0.2) is 36.7 Å². The Balaban J connectivity index is 1.85. The number of Topliss-reactive ketones (excluding diaryl/α,β-unsaturated/α-hetero) is 1. The predicted octanol–water partition coefficient (Wildman–Crippen LogP) is 2.40. The molecule has 126 valence electrons. The molecule has 2 aromatic rings. The van der Waals surface area contributed by atoms with Crippen molar-refractivity contribution in [3.05, 3.63) is 47.8 Å². The van der Waals surface area contributed by atoms with Gasteiger partial charge in [-0.3, -0.25) is 9.69 Å². The van der Waals surface area contributed by atoms with E-state index in [0.29, 0.717) is 19.4 Å². The van der Waals surface area contributed by atoms with Gasteiger partial charge in [0.1, 0.15) is 17.3 Å². The summed E-state index contributed by atoms with van der Waals surface area (Å²) in [6.07, 6.45) is 4.49. The van der Waals surface area contributed by atoms with Crippen molar-refractivity contribution in [3.63, 3.8) is 0 Å². The number of nitrogens with zero attached hydrogens (tertiary/aromatic N) is 3. The first-order chi connectivity index (χ1) is 11.7. The number of rotatable bonds is 5. The number of methoxy groups -OCH3 is 2. The Bertz CT molecular complexity index is 706. The Morgan fingerprint density at radius 3 is 2.79 bits per heavy atom. The van der Waals surface area contributed by atoms with E-state index in [1.807, 2.05) is 24.3 Å². The number of carbonyl (C=O) groups excluding carboxylic acids is 1. The van der Waals surface area contributed by atoms with Crippen molar-refractivity contribution in [2.45, 2.75) is 25.4 Å². The number of hydrogen-bond acceptors (Lipinski definition) is 6. The van der Waals surface area contributed by atoms with Gasteiger partial charge in [-0.2, -0.15) is 10.2 Å². The molecule has 1 aromatic carbocycles. The van der Waals surface area contributed by atoms with Crippen LogP contribution in [-0.2, 0) is 11.3 Å². The molecule has 2 heterocycles. The van der Waals surface area contributed by atoms with Crippen molar-refractivity contribution in [1.29, 1.82) is 0 Å². The molecular weight excluding hydrogens is 306 g/mol. The second-order valence-corrected chi connectivity index (χ2v) is 5.83. The second kappa shape index (κ2) is 7.40. The zero-order valence-electron chi connectivity index (χ0n) is 13.9. The monoisotopic (exact) mass is 327 g/mol. The Morgan fingerprint density at radius 1 is 1.21 bits per heavy atom. The van der Waals surface area contributed by atoms with E-state index in [-0.39, 0.29) is 11.8 Å². The molecular formula is C18H21N3O3. The van der Waals surface area contributed by atoms with E-state index in [1.165, 1.54) is 0 Å². The fraction of sp³-hybridized carbons (Fsp3) is 0.389. The van der Waals surface area contributed by atoms with Gasteiger partial charge in [0, 0.05) is 49.8 Å². The number of aromatic nitrogens is 2. The Kier molecular flexibility index (Phi) is 5.05. The van der Waals surface area contributed by atoms with Gasteiger partial charge in [0.25, 0.3) is 0 Å². The SMILES string of the molecule is COc1ccc(CN2CCC(=O)CC2c2ccnnc2)c(OC)c1. The number of benzene rings is 1. The third-order valence-electron chi connectivity index (χ3n) is 4.40. The van der Waals surface area contributed by atoms with E-state index in [0.717, 1.165) is 29.2 Å². The maximum atomic E-state index is 11.9. The highest BCUT2D eigenvalue weighted by Crippen LogP contribution is 2.33. The first-order valence-corrected chi connectivity index (χ1v) is 7.94. The predicted molar refractivity (Wildman–Crippen MR) is 89.0 cm³/mol. The van der Waals surface area contributed by atoms with Crippen molar-refractivity contribution in [2.75, 3.05) is 20.8 Å². The molecule has 1 aliphatic rings. The van der Waals surface area contributed by atoms with Gasteiger partial charge in [-0.25, -0.2) is 0 Å². The van der Waals surface area contributed by atoms with Gasteiger partial charge < -0.3 is 9.47 Å². The average molecular weight is 327 g/mol. The van der Waals surface area contributed by atoms with Crippen LogP contribution >= 0.6 is 0 Å². The van der Waals surface area contributed by atoms with Crippen LogP contribution in [0.25, 0.3) is 0 Å². The van der Waals surface area contributed by atoms with Crippen molar-refractivity contribution in [3.8, 4) is 11.5 Å². The lowest BCUT2D eigenvalue weighted by Gasteiger charge is -2.35. The van der Waals surface area contributed by atoms with E-state index in [1.54, 1.807) is 26.6 Å². The number of ketones is 1. The van der Waals surface area contributed by atoms with Crippen LogP contribution in [0.2, 0.25) is 0 Å². The smallest absolute Gasteiger partial charge is 0.136 e. The van der Waals surface area contributed by atoms with E-state index in [2.05, 4.69) is 15.1 Å². The average Bonchev–Trinajstić information content (AvgIpc) is 2.64. The number of ether oxygens (including phenoxy) is 2. The molecule has 1 fully saturated rings. The molecule has 6 heteroatoms. The summed E-state index contributed by atoms with van der Waals surface area (Å²) >= 11 is 0. The summed E-state index contributed by atoms with van der Waals surface area (Å²) < 4.78 is 10.7. The van der Waals surface area contributed by atoms with E-state index in [9.17, 15) is 4.79 Å². The lowest BCUT2D eigenvalue weighted by Crippen LogP contribution is -2.36. The van der Waals surface area contributed by atoms with Gasteiger partial charge in [0.2, 0.25) is 0 Å². The van der Waals surface area contributed by atoms with Crippen LogP contribution in [0, 0.1) is 0 Å². The molecule has 0 bridgehead atoms. The minimum absolute atomic E-state index is 0.0218. The summed E-state index contributed by atoms with van der Waals surface area (Å²) in [6.45, 7) is 1.43. The zero-order chi connectivity index (χ0) is 16.9. The van der Waals surface area contributed by atoms with Gasteiger partial charge in [0.15, 0.2) is 0 Å². The summed E-state index contributed by atoms with van der Waals surface area (Å²) in [5, 5.41) is 7.78. The van der Waals surface area contributed by atoms with Gasteiger partial charge in [-0.15, -0.1) is 0 Å². The van der Waals surface area contributed by atoms with Crippen molar-refractivity contribution in [1.82, 2.24) is 15.1 Å².